The first kappa shape index (κ1) is 15.8. The van der Waals surface area contributed by atoms with Crippen molar-refractivity contribution in [3.05, 3.63) is 42.5 Å². The highest BCUT2D eigenvalue weighted by molar-refractivity contribution is 5.35. The second kappa shape index (κ2) is 9.62. The summed E-state index contributed by atoms with van der Waals surface area (Å²) < 4.78 is 5.92. The average Bonchev–Trinajstić information content (AvgIpc) is 2.46. The van der Waals surface area contributed by atoms with Gasteiger partial charge in [-0.3, -0.25) is 0 Å². The van der Waals surface area contributed by atoms with E-state index in [0.717, 1.165) is 44.7 Å². The molecule has 106 valence electrons. The number of hydrogen-bond donors (Lipinski definition) is 1. The maximum Gasteiger partial charge on any atom is 0.122 e. The molecule has 0 heterocycles. The predicted molar refractivity (Wildman–Crippen MR) is 82.9 cm³/mol. The molecule has 0 aromatic heterocycles. The smallest absolute Gasteiger partial charge is 0.122 e. The first-order valence-corrected chi connectivity index (χ1v) is 7.33. The van der Waals surface area contributed by atoms with Gasteiger partial charge in [-0.15, -0.1) is 6.58 Å². The maximum atomic E-state index is 5.92. The number of unbranched alkanes of at least 4 members (excludes halogenated alkanes) is 1. The van der Waals surface area contributed by atoms with Crippen molar-refractivity contribution in [2.45, 2.75) is 39.0 Å². The van der Waals surface area contributed by atoms with E-state index in [9.17, 15) is 0 Å². The van der Waals surface area contributed by atoms with Gasteiger partial charge in [-0.25, -0.2) is 0 Å². The molecule has 0 fully saturated rings. The van der Waals surface area contributed by atoms with E-state index in [-0.39, 0.29) is 0 Å². The third-order valence-electron chi connectivity index (χ3n) is 3.36. The van der Waals surface area contributed by atoms with Crippen LogP contribution in [0.15, 0.2) is 36.9 Å². The summed E-state index contributed by atoms with van der Waals surface area (Å²) in [4.78, 5) is 0. The van der Waals surface area contributed by atoms with Crippen LogP contribution in [0, 0.1) is 0 Å². The number of hydrogen-bond acceptors (Lipinski definition) is 2. The fourth-order valence-electron chi connectivity index (χ4n) is 1.98. The lowest BCUT2D eigenvalue weighted by Gasteiger charge is -2.15. The minimum absolute atomic E-state index is 0.561. The van der Waals surface area contributed by atoms with Crippen LogP contribution in [0.1, 0.15) is 44.6 Å². The Morgan fingerprint density at radius 3 is 2.84 bits per heavy atom. The Balaban J connectivity index is 2.30. The van der Waals surface area contributed by atoms with Gasteiger partial charge in [-0.1, -0.05) is 38.1 Å². The van der Waals surface area contributed by atoms with Crippen molar-refractivity contribution in [3.8, 4) is 5.75 Å². The highest BCUT2D eigenvalue weighted by Crippen LogP contribution is 2.28. The summed E-state index contributed by atoms with van der Waals surface area (Å²) in [7, 11) is 0. The number of benzene rings is 1. The summed E-state index contributed by atoms with van der Waals surface area (Å²) in [5, 5.41) is 3.30. The van der Waals surface area contributed by atoms with Crippen molar-refractivity contribution in [2.75, 3.05) is 19.7 Å². The Morgan fingerprint density at radius 2 is 2.11 bits per heavy atom. The van der Waals surface area contributed by atoms with Crippen LogP contribution in [0.4, 0.5) is 0 Å². The van der Waals surface area contributed by atoms with E-state index in [1.165, 1.54) is 5.56 Å². The standard InChI is InChI=1S/C17H27NO/c1-4-12-18-13-8-9-14-19-17-11-7-6-10-16(17)15(3)5-2/h4,6-7,10-11,15,18H,1,5,8-9,12-14H2,2-3H3/t15-/m0/s1. The summed E-state index contributed by atoms with van der Waals surface area (Å²) in [5.41, 5.74) is 1.33. The van der Waals surface area contributed by atoms with Crippen LogP contribution in [-0.2, 0) is 0 Å². The third-order valence-corrected chi connectivity index (χ3v) is 3.36. The van der Waals surface area contributed by atoms with Gasteiger partial charge < -0.3 is 10.1 Å². The van der Waals surface area contributed by atoms with Crippen molar-refractivity contribution in [1.29, 1.82) is 0 Å². The molecule has 0 spiro atoms. The molecular weight excluding hydrogens is 234 g/mol. The first-order valence-electron chi connectivity index (χ1n) is 7.33. The minimum Gasteiger partial charge on any atom is -0.493 e. The molecule has 19 heavy (non-hydrogen) atoms. The van der Waals surface area contributed by atoms with E-state index < -0.39 is 0 Å². The van der Waals surface area contributed by atoms with E-state index in [1.54, 1.807) is 0 Å². The normalized spacial score (nSPS) is 12.1. The van der Waals surface area contributed by atoms with Gasteiger partial charge in [-0.05, 0) is 43.4 Å². The van der Waals surface area contributed by atoms with Crippen LogP contribution in [0.5, 0.6) is 5.75 Å². The van der Waals surface area contributed by atoms with Crippen molar-refractivity contribution in [2.24, 2.45) is 0 Å². The molecule has 2 nitrogen and oxygen atoms in total. The van der Waals surface area contributed by atoms with Crippen LogP contribution in [0.25, 0.3) is 0 Å². The molecule has 0 aliphatic rings. The third kappa shape index (κ3) is 5.93. The van der Waals surface area contributed by atoms with Crippen LogP contribution >= 0.6 is 0 Å². The maximum absolute atomic E-state index is 5.92. The second-order valence-electron chi connectivity index (χ2n) is 4.90. The lowest BCUT2D eigenvalue weighted by molar-refractivity contribution is 0.301. The summed E-state index contributed by atoms with van der Waals surface area (Å²) in [6.45, 7) is 10.9. The topological polar surface area (TPSA) is 21.3 Å². The molecular formula is C17H27NO. The van der Waals surface area contributed by atoms with Gasteiger partial charge in [-0.2, -0.15) is 0 Å². The van der Waals surface area contributed by atoms with E-state index in [2.05, 4.69) is 43.9 Å². The summed E-state index contributed by atoms with van der Waals surface area (Å²) in [6, 6.07) is 8.40. The Hall–Kier alpha value is -1.28. The van der Waals surface area contributed by atoms with Gasteiger partial charge in [0.05, 0.1) is 6.61 Å². The minimum atomic E-state index is 0.561. The molecule has 0 radical (unpaired) electrons. The fraction of sp³-hybridized carbons (Fsp3) is 0.529. The van der Waals surface area contributed by atoms with Crippen molar-refractivity contribution < 1.29 is 4.74 Å². The molecule has 0 unspecified atom stereocenters. The highest BCUT2D eigenvalue weighted by Gasteiger charge is 2.08. The van der Waals surface area contributed by atoms with Gasteiger partial charge >= 0.3 is 0 Å². The molecule has 0 aliphatic heterocycles. The van der Waals surface area contributed by atoms with E-state index in [0.29, 0.717) is 5.92 Å². The zero-order valence-electron chi connectivity index (χ0n) is 12.3. The Morgan fingerprint density at radius 1 is 1.32 bits per heavy atom. The molecule has 1 aromatic carbocycles. The van der Waals surface area contributed by atoms with E-state index in [4.69, 9.17) is 4.74 Å². The number of ether oxygens (including phenoxy) is 1. The van der Waals surface area contributed by atoms with Crippen LogP contribution in [0.2, 0.25) is 0 Å². The highest BCUT2D eigenvalue weighted by atomic mass is 16.5. The molecule has 1 N–H and O–H groups in total. The lowest BCUT2D eigenvalue weighted by atomic mass is 9.98. The number of para-hydroxylation sites is 1. The monoisotopic (exact) mass is 261 g/mol. The molecule has 1 rings (SSSR count). The zero-order chi connectivity index (χ0) is 13.9. The van der Waals surface area contributed by atoms with E-state index in [1.807, 2.05) is 12.1 Å². The molecule has 0 saturated carbocycles. The van der Waals surface area contributed by atoms with Gasteiger partial charge in [0.25, 0.3) is 0 Å². The number of nitrogens with one attached hydrogen (secondary N) is 1. The second-order valence-corrected chi connectivity index (χ2v) is 4.90. The Labute approximate surface area is 117 Å². The molecule has 0 saturated heterocycles. The van der Waals surface area contributed by atoms with Crippen LogP contribution in [-0.4, -0.2) is 19.7 Å². The molecule has 0 bridgehead atoms. The molecule has 0 amide bonds. The van der Waals surface area contributed by atoms with Crippen molar-refractivity contribution in [1.82, 2.24) is 5.32 Å². The summed E-state index contributed by atoms with van der Waals surface area (Å²) in [6.07, 6.45) is 5.25. The quantitative estimate of drug-likeness (QED) is 0.505. The molecule has 1 atom stereocenters. The average molecular weight is 261 g/mol. The first-order chi connectivity index (χ1) is 9.29. The van der Waals surface area contributed by atoms with Crippen molar-refractivity contribution in [3.63, 3.8) is 0 Å². The Kier molecular flexibility index (Phi) is 7.99. The fourth-order valence-corrected chi connectivity index (χ4v) is 1.98. The van der Waals surface area contributed by atoms with Crippen LogP contribution in [0.3, 0.4) is 0 Å². The molecule has 1 aromatic rings. The van der Waals surface area contributed by atoms with Crippen molar-refractivity contribution >= 4 is 0 Å². The largest absolute Gasteiger partial charge is 0.493 e. The van der Waals surface area contributed by atoms with Crippen LogP contribution < -0.4 is 10.1 Å². The zero-order valence-corrected chi connectivity index (χ0v) is 12.3. The van der Waals surface area contributed by atoms with Gasteiger partial charge in [0, 0.05) is 6.54 Å². The van der Waals surface area contributed by atoms with E-state index >= 15 is 0 Å². The SMILES string of the molecule is C=CCNCCCCOc1ccccc1[C@@H](C)CC. The number of rotatable bonds is 10. The Bertz CT molecular complexity index is 362. The van der Waals surface area contributed by atoms with Gasteiger partial charge in [0.1, 0.15) is 5.75 Å². The summed E-state index contributed by atoms with van der Waals surface area (Å²) >= 11 is 0. The predicted octanol–water partition coefficient (Wildman–Crippen LogP) is 4.13. The van der Waals surface area contributed by atoms with Gasteiger partial charge in [0.2, 0.25) is 0 Å². The molecule has 0 aliphatic carbocycles. The summed E-state index contributed by atoms with van der Waals surface area (Å²) in [5.74, 6) is 1.61. The lowest BCUT2D eigenvalue weighted by Crippen LogP contribution is -2.15. The van der Waals surface area contributed by atoms with Gasteiger partial charge in [0.15, 0.2) is 0 Å². The molecule has 2 heteroatoms.